The number of carbonyl (C=O) groups excluding carboxylic acids is 1. The third-order valence-electron chi connectivity index (χ3n) is 2.59. The molecule has 21 heavy (non-hydrogen) atoms. The first-order valence-corrected chi connectivity index (χ1v) is 6.70. The van der Waals surface area contributed by atoms with E-state index in [1.807, 2.05) is 5.38 Å². The van der Waals surface area contributed by atoms with Crippen LogP contribution in [0.5, 0.6) is 0 Å². The molecule has 8 heteroatoms. The Kier molecular flexibility index (Phi) is 3.44. The van der Waals surface area contributed by atoms with Crippen LogP contribution >= 0.6 is 11.3 Å². The molecule has 0 spiro atoms. The van der Waals surface area contributed by atoms with Crippen molar-refractivity contribution in [2.75, 3.05) is 5.32 Å². The number of halogens is 2. The Morgan fingerprint density at radius 1 is 1.24 bits per heavy atom. The Balaban J connectivity index is 1.79. The van der Waals surface area contributed by atoms with E-state index in [-0.39, 0.29) is 17.5 Å². The van der Waals surface area contributed by atoms with E-state index in [0.29, 0.717) is 6.07 Å². The molecule has 0 aliphatic carbocycles. The minimum atomic E-state index is -0.968. The molecular weight excluding hydrogens is 300 g/mol. The SMILES string of the molecule is O=C(Nc1nnc(-c2ccsc2)o1)c1ccc(F)cc1F. The molecule has 0 bridgehead atoms. The van der Waals surface area contributed by atoms with Crippen LogP contribution in [0, 0.1) is 11.6 Å². The highest BCUT2D eigenvalue weighted by atomic mass is 32.1. The van der Waals surface area contributed by atoms with Crippen molar-refractivity contribution in [1.82, 2.24) is 10.2 Å². The summed E-state index contributed by atoms with van der Waals surface area (Å²) in [5, 5.41) is 13.3. The summed E-state index contributed by atoms with van der Waals surface area (Å²) in [5.74, 6) is -2.29. The lowest BCUT2D eigenvalue weighted by Gasteiger charge is -2.01. The average Bonchev–Trinajstić information content (AvgIpc) is 3.08. The van der Waals surface area contributed by atoms with Crippen LogP contribution in [0.3, 0.4) is 0 Å². The van der Waals surface area contributed by atoms with E-state index in [1.165, 1.54) is 11.3 Å². The van der Waals surface area contributed by atoms with Gasteiger partial charge >= 0.3 is 6.01 Å². The first-order chi connectivity index (χ1) is 10.1. The van der Waals surface area contributed by atoms with Crippen molar-refractivity contribution in [3.8, 4) is 11.5 Å². The van der Waals surface area contributed by atoms with Crippen LogP contribution in [-0.2, 0) is 0 Å². The molecule has 0 radical (unpaired) electrons. The number of rotatable bonds is 3. The van der Waals surface area contributed by atoms with Gasteiger partial charge in [0.15, 0.2) is 0 Å². The van der Waals surface area contributed by atoms with E-state index in [0.717, 1.165) is 17.7 Å². The molecular formula is C13H7F2N3O2S. The van der Waals surface area contributed by atoms with Crippen molar-refractivity contribution in [3.63, 3.8) is 0 Å². The molecule has 5 nitrogen and oxygen atoms in total. The van der Waals surface area contributed by atoms with E-state index in [1.54, 1.807) is 11.4 Å². The topological polar surface area (TPSA) is 68.0 Å². The summed E-state index contributed by atoms with van der Waals surface area (Å²) in [6.07, 6.45) is 0. The number of anilines is 1. The molecule has 2 heterocycles. The molecule has 3 rings (SSSR count). The second-order valence-electron chi connectivity index (χ2n) is 4.00. The Hall–Kier alpha value is -2.61. The van der Waals surface area contributed by atoms with E-state index < -0.39 is 17.5 Å². The fraction of sp³-hybridized carbons (Fsp3) is 0. The lowest BCUT2D eigenvalue weighted by molar-refractivity contribution is 0.102. The van der Waals surface area contributed by atoms with Crippen LogP contribution in [0.25, 0.3) is 11.5 Å². The number of thiophene rings is 1. The molecule has 0 fully saturated rings. The van der Waals surface area contributed by atoms with Crippen LogP contribution in [0.2, 0.25) is 0 Å². The summed E-state index contributed by atoms with van der Waals surface area (Å²) >= 11 is 1.46. The molecule has 0 aliphatic heterocycles. The van der Waals surface area contributed by atoms with E-state index in [9.17, 15) is 13.6 Å². The van der Waals surface area contributed by atoms with Crippen LogP contribution < -0.4 is 5.32 Å². The zero-order chi connectivity index (χ0) is 14.8. The van der Waals surface area contributed by atoms with Crippen molar-refractivity contribution in [3.05, 3.63) is 52.2 Å². The number of nitrogens with zero attached hydrogens (tertiary/aromatic N) is 2. The maximum atomic E-state index is 13.5. The van der Waals surface area contributed by atoms with Crippen LogP contribution in [0.4, 0.5) is 14.8 Å². The first kappa shape index (κ1) is 13.4. The minimum Gasteiger partial charge on any atom is -0.403 e. The molecule has 3 aromatic rings. The second kappa shape index (κ2) is 5.41. The Labute approximate surface area is 121 Å². The second-order valence-corrected chi connectivity index (χ2v) is 4.78. The summed E-state index contributed by atoms with van der Waals surface area (Å²) < 4.78 is 31.5. The first-order valence-electron chi connectivity index (χ1n) is 5.76. The molecule has 2 aromatic heterocycles. The zero-order valence-corrected chi connectivity index (χ0v) is 11.2. The van der Waals surface area contributed by atoms with Gasteiger partial charge in [0.1, 0.15) is 11.6 Å². The standard InChI is InChI=1S/C13H7F2N3O2S/c14-8-1-2-9(10(15)5-8)11(19)16-13-18-17-12(20-13)7-3-4-21-6-7/h1-6H,(H,16,18,19). The predicted molar refractivity (Wildman–Crippen MR) is 71.9 cm³/mol. The Bertz CT molecular complexity index is 787. The van der Waals surface area contributed by atoms with Crippen molar-refractivity contribution in [2.45, 2.75) is 0 Å². The van der Waals surface area contributed by atoms with E-state index >= 15 is 0 Å². The summed E-state index contributed by atoms with van der Waals surface area (Å²) in [6.45, 7) is 0. The number of benzene rings is 1. The summed E-state index contributed by atoms with van der Waals surface area (Å²) in [7, 11) is 0. The average molecular weight is 307 g/mol. The number of hydrogen-bond acceptors (Lipinski definition) is 5. The highest BCUT2D eigenvalue weighted by Crippen LogP contribution is 2.22. The lowest BCUT2D eigenvalue weighted by atomic mass is 10.2. The quantitative estimate of drug-likeness (QED) is 0.806. The van der Waals surface area contributed by atoms with Gasteiger partial charge in [0, 0.05) is 17.0 Å². The third kappa shape index (κ3) is 2.79. The highest BCUT2D eigenvalue weighted by Gasteiger charge is 2.16. The normalized spacial score (nSPS) is 10.6. The fourth-order valence-electron chi connectivity index (χ4n) is 1.61. The van der Waals surface area contributed by atoms with Gasteiger partial charge in [-0.05, 0) is 23.6 Å². The predicted octanol–water partition coefficient (Wildman–Crippen LogP) is 3.33. The summed E-state index contributed by atoms with van der Waals surface area (Å²) in [6, 6.07) is 4.27. The molecule has 1 N–H and O–H groups in total. The fourth-order valence-corrected chi connectivity index (χ4v) is 2.24. The van der Waals surface area contributed by atoms with Gasteiger partial charge in [0.05, 0.1) is 5.56 Å². The molecule has 0 aliphatic rings. The largest absolute Gasteiger partial charge is 0.403 e. The van der Waals surface area contributed by atoms with Crippen LogP contribution in [0.15, 0.2) is 39.4 Å². The monoisotopic (exact) mass is 307 g/mol. The van der Waals surface area contributed by atoms with Crippen molar-refractivity contribution in [1.29, 1.82) is 0 Å². The third-order valence-corrected chi connectivity index (χ3v) is 3.27. The van der Waals surface area contributed by atoms with E-state index in [2.05, 4.69) is 15.5 Å². The maximum Gasteiger partial charge on any atom is 0.322 e. The smallest absolute Gasteiger partial charge is 0.322 e. The van der Waals surface area contributed by atoms with E-state index in [4.69, 9.17) is 4.42 Å². The summed E-state index contributed by atoms with van der Waals surface area (Å²) in [4.78, 5) is 11.8. The number of aromatic nitrogens is 2. The van der Waals surface area contributed by atoms with Gasteiger partial charge in [-0.2, -0.15) is 11.3 Å². The van der Waals surface area contributed by atoms with Gasteiger partial charge in [0.2, 0.25) is 0 Å². The van der Waals surface area contributed by atoms with Gasteiger partial charge in [0.25, 0.3) is 11.8 Å². The number of amides is 1. The van der Waals surface area contributed by atoms with Crippen molar-refractivity contribution >= 4 is 23.3 Å². The molecule has 0 atom stereocenters. The number of hydrogen-bond donors (Lipinski definition) is 1. The number of nitrogens with one attached hydrogen (secondary N) is 1. The van der Waals surface area contributed by atoms with Gasteiger partial charge < -0.3 is 4.42 Å². The Morgan fingerprint density at radius 2 is 2.10 bits per heavy atom. The summed E-state index contributed by atoms with van der Waals surface area (Å²) in [5.41, 5.74) is 0.410. The zero-order valence-electron chi connectivity index (χ0n) is 10.3. The van der Waals surface area contributed by atoms with Crippen molar-refractivity contribution < 1.29 is 18.0 Å². The van der Waals surface area contributed by atoms with Crippen LogP contribution in [0.1, 0.15) is 10.4 Å². The van der Waals surface area contributed by atoms with Crippen molar-refractivity contribution in [2.24, 2.45) is 0 Å². The molecule has 106 valence electrons. The minimum absolute atomic E-state index is 0.162. The molecule has 0 saturated heterocycles. The van der Waals surface area contributed by atoms with Gasteiger partial charge in [-0.25, -0.2) is 8.78 Å². The van der Waals surface area contributed by atoms with Gasteiger partial charge in [-0.3, -0.25) is 10.1 Å². The highest BCUT2D eigenvalue weighted by molar-refractivity contribution is 7.08. The maximum absolute atomic E-state index is 13.5. The van der Waals surface area contributed by atoms with Gasteiger partial charge in [-0.1, -0.05) is 5.10 Å². The molecule has 1 amide bonds. The molecule has 1 aromatic carbocycles. The molecule has 0 unspecified atom stereocenters. The van der Waals surface area contributed by atoms with Gasteiger partial charge in [-0.15, -0.1) is 5.10 Å². The molecule has 0 saturated carbocycles. The Morgan fingerprint density at radius 3 is 2.81 bits per heavy atom. The number of carbonyl (C=O) groups is 1. The van der Waals surface area contributed by atoms with Crippen LogP contribution in [-0.4, -0.2) is 16.1 Å². The lowest BCUT2D eigenvalue weighted by Crippen LogP contribution is -2.14.